The van der Waals surface area contributed by atoms with E-state index < -0.39 is 24.8 Å². The van der Waals surface area contributed by atoms with E-state index in [0.717, 1.165) is 6.42 Å². The molecule has 0 saturated heterocycles. The molecule has 138 valence electrons. The second-order valence-corrected chi connectivity index (χ2v) is 4.51. The van der Waals surface area contributed by atoms with Crippen LogP contribution in [-0.2, 0) is 45.8 Å². The van der Waals surface area contributed by atoms with E-state index in [4.69, 9.17) is 5.26 Å². The molecule has 24 heavy (non-hydrogen) atoms. The van der Waals surface area contributed by atoms with Gasteiger partial charge in [-0.15, -0.1) is 0 Å². The maximum atomic E-state index is 10.4. The Labute approximate surface area is 157 Å². The van der Waals surface area contributed by atoms with Gasteiger partial charge >= 0.3 is 21.7 Å². The molecular formula is C15H26O8Ti. The second kappa shape index (κ2) is 24.2. The molecule has 0 aliphatic carbocycles. The summed E-state index contributed by atoms with van der Waals surface area (Å²) in [6, 6.07) is 0. The molecule has 0 rings (SSSR count). The van der Waals surface area contributed by atoms with E-state index in [0.29, 0.717) is 32.3 Å². The van der Waals surface area contributed by atoms with E-state index in [1.54, 1.807) is 0 Å². The van der Waals surface area contributed by atoms with E-state index in [1.165, 1.54) is 0 Å². The van der Waals surface area contributed by atoms with Gasteiger partial charge in [0.15, 0.2) is 0 Å². The van der Waals surface area contributed by atoms with E-state index in [2.05, 4.69) is 4.89 Å². The van der Waals surface area contributed by atoms with Crippen molar-refractivity contribution in [3.05, 3.63) is 0 Å². The predicted octanol–water partition coefficient (Wildman–Crippen LogP) is -0.125. The van der Waals surface area contributed by atoms with Gasteiger partial charge in [-0.05, 0) is 19.3 Å². The van der Waals surface area contributed by atoms with Gasteiger partial charge in [0.1, 0.15) is 11.6 Å². The predicted molar refractivity (Wildman–Crippen MR) is 77.9 cm³/mol. The Balaban J connectivity index is -0.000000128. The summed E-state index contributed by atoms with van der Waals surface area (Å²) in [7, 11) is 0. The number of aliphatic carboxylic acids is 2. The molecule has 1 N–H and O–H groups in total. The fourth-order valence-electron chi connectivity index (χ4n) is 1.15. The molecule has 0 aromatic rings. The van der Waals surface area contributed by atoms with Gasteiger partial charge in [-0.25, -0.2) is 4.89 Å². The normalized spacial score (nSPS) is 8.50. The third kappa shape index (κ3) is 37.3. The number of rotatable bonds is 10. The SMILES string of the molecule is CCCC(=O)CC(=O)[O-].CCCC(=O)CC(=O)[O-].CCCOO.[Ti+2]. The molecule has 0 unspecified atom stereocenters. The van der Waals surface area contributed by atoms with Crippen molar-refractivity contribution >= 4 is 23.5 Å². The van der Waals surface area contributed by atoms with Crippen molar-refractivity contribution in [3.8, 4) is 0 Å². The van der Waals surface area contributed by atoms with Gasteiger partial charge in [0.2, 0.25) is 0 Å². The van der Waals surface area contributed by atoms with Crippen molar-refractivity contribution in [2.24, 2.45) is 0 Å². The molecule has 0 amide bonds. The number of hydrogen-bond acceptors (Lipinski definition) is 8. The summed E-state index contributed by atoms with van der Waals surface area (Å²) in [6.45, 7) is 6.02. The minimum atomic E-state index is -1.28. The molecule has 0 aliphatic rings. The van der Waals surface area contributed by atoms with E-state index in [-0.39, 0.29) is 33.3 Å². The zero-order chi connectivity index (χ0) is 18.7. The van der Waals surface area contributed by atoms with Gasteiger partial charge in [-0.1, -0.05) is 20.8 Å². The Morgan fingerprint density at radius 3 is 1.25 bits per heavy atom. The summed E-state index contributed by atoms with van der Waals surface area (Å²) in [5.74, 6) is -3.07. The van der Waals surface area contributed by atoms with Crippen LogP contribution >= 0.6 is 0 Å². The van der Waals surface area contributed by atoms with Crippen LogP contribution in [0.25, 0.3) is 0 Å². The maximum absolute atomic E-state index is 10.4. The third-order valence-corrected chi connectivity index (χ3v) is 2.04. The summed E-state index contributed by atoms with van der Waals surface area (Å²) in [5.41, 5.74) is 0. The van der Waals surface area contributed by atoms with E-state index in [1.807, 2.05) is 20.8 Å². The molecule has 0 atom stereocenters. The molecule has 0 aliphatic heterocycles. The van der Waals surface area contributed by atoms with Crippen LogP contribution in [0.1, 0.15) is 65.7 Å². The van der Waals surface area contributed by atoms with Gasteiger partial charge in [0, 0.05) is 37.6 Å². The number of hydrogen-bond donors (Lipinski definition) is 1. The number of carboxylic acids is 2. The zero-order valence-electron chi connectivity index (χ0n) is 14.5. The first kappa shape index (κ1) is 30.8. The molecule has 0 aromatic heterocycles. The van der Waals surface area contributed by atoms with Crippen molar-refractivity contribution in [2.75, 3.05) is 6.61 Å². The van der Waals surface area contributed by atoms with Crippen LogP contribution in [-0.4, -0.2) is 35.4 Å². The standard InChI is InChI=1S/2C6H10O3.C3H8O2.Ti/c2*1-2-3-5(7)4-6(8)9;1-2-3-5-4;/h2*2-4H2,1H3,(H,8,9);4H,2-3H2,1H3;/q;;;+2/p-2. The van der Waals surface area contributed by atoms with Crippen LogP contribution in [0.15, 0.2) is 0 Å². The Hall–Kier alpha value is -1.09. The Kier molecular flexibility index (Phi) is 31.0. The van der Waals surface area contributed by atoms with Gasteiger partial charge < -0.3 is 19.8 Å². The molecule has 9 heteroatoms. The second-order valence-electron chi connectivity index (χ2n) is 4.51. The van der Waals surface area contributed by atoms with Gasteiger partial charge in [0.25, 0.3) is 0 Å². The molecule has 0 fully saturated rings. The van der Waals surface area contributed by atoms with Gasteiger partial charge in [-0.3, -0.25) is 14.8 Å². The zero-order valence-corrected chi connectivity index (χ0v) is 16.0. The van der Waals surface area contributed by atoms with Crippen LogP contribution in [0.4, 0.5) is 0 Å². The van der Waals surface area contributed by atoms with Crippen LogP contribution in [0.3, 0.4) is 0 Å². The first-order valence-corrected chi connectivity index (χ1v) is 7.44. The number of Topliss-reactive ketones (excluding diaryl/α,β-unsaturated/α-hetero) is 2. The third-order valence-electron chi connectivity index (χ3n) is 2.04. The summed E-state index contributed by atoms with van der Waals surface area (Å²) in [6.07, 6.45) is 2.08. The maximum Gasteiger partial charge on any atom is 2.00 e. The van der Waals surface area contributed by atoms with E-state index >= 15 is 0 Å². The van der Waals surface area contributed by atoms with Crippen molar-refractivity contribution < 1.29 is 61.3 Å². The largest absolute Gasteiger partial charge is 2.00 e. The minimum Gasteiger partial charge on any atom is -0.550 e. The Morgan fingerprint density at radius 1 is 0.792 bits per heavy atom. The van der Waals surface area contributed by atoms with Gasteiger partial charge in [0.05, 0.1) is 6.61 Å². The van der Waals surface area contributed by atoms with Crippen molar-refractivity contribution in [3.63, 3.8) is 0 Å². The minimum absolute atomic E-state index is 0. The van der Waals surface area contributed by atoms with Gasteiger partial charge in [-0.2, -0.15) is 0 Å². The average Bonchev–Trinajstić information content (AvgIpc) is 2.39. The van der Waals surface area contributed by atoms with E-state index in [9.17, 15) is 29.4 Å². The summed E-state index contributed by atoms with van der Waals surface area (Å²) >= 11 is 0. The first-order valence-electron chi connectivity index (χ1n) is 7.44. The monoisotopic (exact) mass is 382 g/mol. The Bertz CT molecular complexity index is 312. The molecule has 0 spiro atoms. The quantitative estimate of drug-likeness (QED) is 0.238. The molecule has 0 bridgehead atoms. The molecule has 0 saturated carbocycles. The molecule has 0 heterocycles. The molecular weight excluding hydrogens is 356 g/mol. The summed E-state index contributed by atoms with van der Waals surface area (Å²) < 4.78 is 0. The topological polar surface area (TPSA) is 144 Å². The van der Waals surface area contributed by atoms with Crippen LogP contribution in [0, 0.1) is 0 Å². The van der Waals surface area contributed by atoms with Crippen molar-refractivity contribution in [2.45, 2.75) is 65.7 Å². The fraction of sp³-hybridized carbons (Fsp3) is 0.733. The fourth-order valence-corrected chi connectivity index (χ4v) is 1.15. The van der Waals surface area contributed by atoms with Crippen molar-refractivity contribution in [1.82, 2.24) is 0 Å². The van der Waals surface area contributed by atoms with Crippen LogP contribution in [0.2, 0.25) is 0 Å². The molecule has 8 nitrogen and oxygen atoms in total. The van der Waals surface area contributed by atoms with Crippen LogP contribution in [0.5, 0.6) is 0 Å². The molecule has 0 aromatic carbocycles. The number of carboxylic acid groups (broad SMARTS) is 2. The summed E-state index contributed by atoms with van der Waals surface area (Å²) in [5, 5.41) is 27.1. The molecule has 0 radical (unpaired) electrons. The number of carbonyl (C=O) groups excluding carboxylic acids is 4. The number of carbonyl (C=O) groups is 4. The smallest absolute Gasteiger partial charge is 0.550 e. The number of ketones is 2. The summed E-state index contributed by atoms with van der Waals surface area (Å²) in [4.78, 5) is 44.1. The van der Waals surface area contributed by atoms with Crippen LogP contribution < -0.4 is 10.2 Å². The average molecular weight is 382 g/mol. The first-order chi connectivity index (χ1) is 10.7. The van der Waals surface area contributed by atoms with Crippen molar-refractivity contribution in [1.29, 1.82) is 0 Å². The Morgan fingerprint density at radius 2 is 1.12 bits per heavy atom.